The molecule has 0 aromatic heterocycles. The molecule has 1 N–H and O–H groups in total. The first-order chi connectivity index (χ1) is 9.49. The standard InChI is InChI=1S/C14H22N2O3S/c1-12-3-5-14(6-4-12)20(17,18)15-11-13(2)16-7-9-19-10-8-16/h3-6,13,15H,7-11H2,1-2H3/t13-/m1/s1. The van der Waals surface area contributed by atoms with Crippen LogP contribution in [0.25, 0.3) is 0 Å². The Morgan fingerprint density at radius 3 is 2.45 bits per heavy atom. The fraction of sp³-hybridized carbons (Fsp3) is 0.571. The van der Waals surface area contributed by atoms with Crippen LogP contribution in [0.4, 0.5) is 0 Å². The summed E-state index contributed by atoms with van der Waals surface area (Å²) in [5.41, 5.74) is 1.05. The molecule has 0 radical (unpaired) electrons. The van der Waals surface area contributed by atoms with Crippen molar-refractivity contribution in [3.63, 3.8) is 0 Å². The van der Waals surface area contributed by atoms with Crippen LogP contribution in [0.3, 0.4) is 0 Å². The van der Waals surface area contributed by atoms with Crippen LogP contribution >= 0.6 is 0 Å². The summed E-state index contributed by atoms with van der Waals surface area (Å²) < 4.78 is 32.3. The third-order valence-electron chi connectivity index (χ3n) is 3.57. The molecule has 0 amide bonds. The topological polar surface area (TPSA) is 58.6 Å². The minimum absolute atomic E-state index is 0.166. The third kappa shape index (κ3) is 4.02. The van der Waals surface area contributed by atoms with E-state index in [4.69, 9.17) is 4.74 Å². The molecule has 0 unspecified atom stereocenters. The van der Waals surface area contributed by atoms with E-state index in [0.717, 1.165) is 31.9 Å². The summed E-state index contributed by atoms with van der Waals surface area (Å²) in [4.78, 5) is 2.55. The molecule has 112 valence electrons. The molecule has 1 saturated heterocycles. The van der Waals surface area contributed by atoms with E-state index in [2.05, 4.69) is 9.62 Å². The van der Waals surface area contributed by atoms with Gasteiger partial charge in [-0.05, 0) is 26.0 Å². The van der Waals surface area contributed by atoms with E-state index < -0.39 is 10.0 Å². The zero-order valence-electron chi connectivity index (χ0n) is 12.0. The molecule has 1 aliphatic heterocycles. The highest BCUT2D eigenvalue weighted by molar-refractivity contribution is 7.89. The normalized spacial score (nSPS) is 18.9. The summed E-state index contributed by atoms with van der Waals surface area (Å²) in [5, 5.41) is 0. The first-order valence-corrected chi connectivity index (χ1v) is 8.35. The number of benzene rings is 1. The molecular formula is C14H22N2O3S. The number of rotatable bonds is 5. The maximum Gasteiger partial charge on any atom is 0.240 e. The highest BCUT2D eigenvalue weighted by Crippen LogP contribution is 2.10. The molecule has 1 fully saturated rings. The van der Waals surface area contributed by atoms with Gasteiger partial charge in [-0.15, -0.1) is 0 Å². The summed E-state index contributed by atoms with van der Waals surface area (Å²) in [5.74, 6) is 0. The molecule has 0 aliphatic carbocycles. The smallest absolute Gasteiger partial charge is 0.240 e. The number of hydrogen-bond donors (Lipinski definition) is 1. The van der Waals surface area contributed by atoms with Gasteiger partial charge in [0.1, 0.15) is 0 Å². The Balaban J connectivity index is 1.93. The molecule has 0 spiro atoms. The molecule has 0 saturated carbocycles. The zero-order chi connectivity index (χ0) is 14.6. The minimum atomic E-state index is -3.42. The quantitative estimate of drug-likeness (QED) is 0.881. The minimum Gasteiger partial charge on any atom is -0.379 e. The van der Waals surface area contributed by atoms with E-state index in [1.807, 2.05) is 13.8 Å². The highest BCUT2D eigenvalue weighted by atomic mass is 32.2. The summed E-state index contributed by atoms with van der Waals surface area (Å²) in [6, 6.07) is 7.05. The maximum absolute atomic E-state index is 12.2. The van der Waals surface area contributed by atoms with Gasteiger partial charge in [0, 0.05) is 25.7 Å². The molecule has 20 heavy (non-hydrogen) atoms. The van der Waals surface area contributed by atoms with Gasteiger partial charge in [-0.3, -0.25) is 4.90 Å². The summed E-state index contributed by atoms with van der Waals surface area (Å²) in [6.45, 7) is 7.52. The highest BCUT2D eigenvalue weighted by Gasteiger charge is 2.20. The van der Waals surface area contributed by atoms with Crippen LogP contribution in [-0.2, 0) is 14.8 Å². The van der Waals surface area contributed by atoms with Crippen LogP contribution in [-0.4, -0.2) is 52.2 Å². The second kappa shape index (κ2) is 6.67. The Bertz CT molecular complexity index is 522. The lowest BCUT2D eigenvalue weighted by Gasteiger charge is -2.32. The van der Waals surface area contributed by atoms with Gasteiger partial charge in [0.25, 0.3) is 0 Å². The number of hydrogen-bond acceptors (Lipinski definition) is 4. The lowest BCUT2D eigenvalue weighted by Crippen LogP contribution is -2.47. The van der Waals surface area contributed by atoms with E-state index in [9.17, 15) is 8.42 Å². The second-order valence-electron chi connectivity index (χ2n) is 5.16. The van der Waals surface area contributed by atoms with Gasteiger partial charge in [0.15, 0.2) is 0 Å². The van der Waals surface area contributed by atoms with Gasteiger partial charge in [-0.2, -0.15) is 0 Å². The largest absolute Gasteiger partial charge is 0.379 e. The van der Waals surface area contributed by atoms with Crippen molar-refractivity contribution in [2.24, 2.45) is 0 Å². The Hall–Kier alpha value is -0.950. The van der Waals surface area contributed by atoms with Crippen LogP contribution < -0.4 is 4.72 Å². The van der Waals surface area contributed by atoms with Crippen molar-refractivity contribution >= 4 is 10.0 Å². The van der Waals surface area contributed by atoms with Crippen LogP contribution in [0.5, 0.6) is 0 Å². The van der Waals surface area contributed by atoms with Gasteiger partial charge >= 0.3 is 0 Å². The van der Waals surface area contributed by atoms with Gasteiger partial charge in [0.05, 0.1) is 18.1 Å². The first kappa shape index (κ1) is 15.4. The van der Waals surface area contributed by atoms with Crippen molar-refractivity contribution in [2.75, 3.05) is 32.8 Å². The molecule has 2 rings (SSSR count). The lowest BCUT2D eigenvalue weighted by atomic mass is 10.2. The van der Waals surface area contributed by atoms with Crippen LogP contribution in [0.2, 0.25) is 0 Å². The predicted molar refractivity (Wildman–Crippen MR) is 78.2 cm³/mol. The number of sulfonamides is 1. The number of aryl methyl sites for hydroxylation is 1. The summed E-state index contributed by atoms with van der Waals surface area (Å²) in [6.07, 6.45) is 0. The van der Waals surface area contributed by atoms with E-state index >= 15 is 0 Å². The molecule has 0 bridgehead atoms. The monoisotopic (exact) mass is 298 g/mol. The van der Waals surface area contributed by atoms with Crippen molar-refractivity contribution in [1.82, 2.24) is 9.62 Å². The van der Waals surface area contributed by atoms with E-state index in [1.54, 1.807) is 24.3 Å². The summed E-state index contributed by atoms with van der Waals surface area (Å²) in [7, 11) is -3.42. The maximum atomic E-state index is 12.2. The molecule has 1 aromatic carbocycles. The summed E-state index contributed by atoms with van der Waals surface area (Å²) >= 11 is 0. The van der Waals surface area contributed by atoms with Crippen molar-refractivity contribution in [3.8, 4) is 0 Å². The predicted octanol–water partition coefficient (Wildman–Crippen LogP) is 0.994. The zero-order valence-corrected chi connectivity index (χ0v) is 12.8. The van der Waals surface area contributed by atoms with Crippen molar-refractivity contribution in [1.29, 1.82) is 0 Å². The van der Waals surface area contributed by atoms with Gasteiger partial charge in [-0.25, -0.2) is 13.1 Å². The molecule has 1 aromatic rings. The Labute approximate surface area is 121 Å². The third-order valence-corrected chi connectivity index (χ3v) is 5.01. The molecule has 6 heteroatoms. The SMILES string of the molecule is Cc1ccc(S(=O)(=O)NC[C@@H](C)N2CCOCC2)cc1. The Morgan fingerprint density at radius 2 is 1.85 bits per heavy atom. The molecular weight excluding hydrogens is 276 g/mol. The van der Waals surface area contributed by atoms with Crippen molar-refractivity contribution in [3.05, 3.63) is 29.8 Å². The number of ether oxygens (including phenoxy) is 1. The number of nitrogens with one attached hydrogen (secondary N) is 1. The van der Waals surface area contributed by atoms with Gasteiger partial charge < -0.3 is 4.74 Å². The number of morpholine rings is 1. The second-order valence-corrected chi connectivity index (χ2v) is 6.93. The lowest BCUT2D eigenvalue weighted by molar-refractivity contribution is 0.0213. The van der Waals surface area contributed by atoms with Gasteiger partial charge in [0.2, 0.25) is 10.0 Å². The molecule has 1 heterocycles. The van der Waals surface area contributed by atoms with Crippen molar-refractivity contribution in [2.45, 2.75) is 24.8 Å². The fourth-order valence-corrected chi connectivity index (χ4v) is 3.30. The van der Waals surface area contributed by atoms with E-state index in [1.165, 1.54) is 0 Å². The average Bonchev–Trinajstić information content (AvgIpc) is 2.46. The van der Waals surface area contributed by atoms with Crippen LogP contribution in [0.1, 0.15) is 12.5 Å². The molecule has 1 aliphatic rings. The Morgan fingerprint density at radius 1 is 1.25 bits per heavy atom. The Kier molecular flexibility index (Phi) is 5.15. The average molecular weight is 298 g/mol. The fourth-order valence-electron chi connectivity index (χ4n) is 2.18. The van der Waals surface area contributed by atoms with E-state index in [0.29, 0.717) is 11.4 Å². The van der Waals surface area contributed by atoms with Crippen molar-refractivity contribution < 1.29 is 13.2 Å². The first-order valence-electron chi connectivity index (χ1n) is 6.87. The molecule has 5 nitrogen and oxygen atoms in total. The number of nitrogens with zero attached hydrogens (tertiary/aromatic N) is 1. The molecule has 1 atom stereocenters. The van der Waals surface area contributed by atoms with Crippen LogP contribution in [0.15, 0.2) is 29.2 Å². The van der Waals surface area contributed by atoms with E-state index in [-0.39, 0.29) is 6.04 Å². The van der Waals surface area contributed by atoms with Crippen LogP contribution in [0, 0.1) is 6.92 Å². The van der Waals surface area contributed by atoms with Gasteiger partial charge in [-0.1, -0.05) is 17.7 Å².